The van der Waals surface area contributed by atoms with Crippen molar-refractivity contribution in [3.05, 3.63) is 35.1 Å². The van der Waals surface area contributed by atoms with Gasteiger partial charge < -0.3 is 16.0 Å². The summed E-state index contributed by atoms with van der Waals surface area (Å²) in [5.74, 6) is -1.35. The van der Waals surface area contributed by atoms with Crippen LogP contribution < -0.4 is 16.0 Å². The van der Waals surface area contributed by atoms with Gasteiger partial charge in [0.05, 0.1) is 5.56 Å². The number of halogens is 4. The molecule has 24 heavy (non-hydrogen) atoms. The van der Waals surface area contributed by atoms with Gasteiger partial charge in [0.25, 0.3) is 0 Å². The normalized spacial score (nSPS) is 18.2. The zero-order valence-corrected chi connectivity index (χ0v) is 13.2. The van der Waals surface area contributed by atoms with Crippen LogP contribution in [0.25, 0.3) is 0 Å². The van der Waals surface area contributed by atoms with Crippen LogP contribution >= 0.6 is 0 Å². The van der Waals surface area contributed by atoms with E-state index in [1.54, 1.807) is 0 Å². The number of hydrogen-bond acceptors (Lipinski definition) is 2. The minimum Gasteiger partial charge on any atom is -0.338 e. The maximum absolute atomic E-state index is 13.8. The van der Waals surface area contributed by atoms with Gasteiger partial charge in [-0.1, -0.05) is 18.6 Å². The zero-order valence-electron chi connectivity index (χ0n) is 13.2. The first kappa shape index (κ1) is 18.5. The average Bonchev–Trinajstić information content (AvgIpc) is 2.54. The van der Waals surface area contributed by atoms with E-state index in [0.29, 0.717) is 18.7 Å². The molecule has 1 fully saturated rings. The van der Waals surface area contributed by atoms with Crippen molar-refractivity contribution < 1.29 is 22.4 Å². The molecule has 4 nitrogen and oxygen atoms in total. The molecule has 1 aromatic carbocycles. The highest BCUT2D eigenvalue weighted by Gasteiger charge is 2.34. The SMILES string of the molecule is O=C(NCCC1CCCCN1)NCc1cccc(C(F)(F)F)c1F. The van der Waals surface area contributed by atoms with Crippen molar-refractivity contribution in [2.45, 2.75) is 44.4 Å². The van der Waals surface area contributed by atoms with Crippen molar-refractivity contribution in [2.75, 3.05) is 13.1 Å². The summed E-state index contributed by atoms with van der Waals surface area (Å²) < 4.78 is 51.7. The molecular weight excluding hydrogens is 326 g/mol. The standard InChI is InChI=1S/C16H21F4N3O/c17-14-11(4-3-6-13(14)16(18,19)20)10-23-15(24)22-9-7-12-5-1-2-8-21-12/h3-4,6,12,21H,1-2,5,7-10H2,(H2,22,23,24). The van der Waals surface area contributed by atoms with Crippen LogP contribution in [0, 0.1) is 5.82 Å². The maximum Gasteiger partial charge on any atom is 0.419 e. The Morgan fingerprint density at radius 2 is 2.04 bits per heavy atom. The maximum atomic E-state index is 13.8. The molecule has 0 aromatic heterocycles. The first-order chi connectivity index (χ1) is 11.4. The van der Waals surface area contributed by atoms with Crippen molar-refractivity contribution in [1.29, 1.82) is 0 Å². The average molecular weight is 347 g/mol. The predicted molar refractivity (Wildman–Crippen MR) is 81.9 cm³/mol. The van der Waals surface area contributed by atoms with E-state index in [1.165, 1.54) is 12.5 Å². The summed E-state index contributed by atoms with van der Waals surface area (Å²) in [7, 11) is 0. The lowest BCUT2D eigenvalue weighted by molar-refractivity contribution is -0.140. The van der Waals surface area contributed by atoms with E-state index in [9.17, 15) is 22.4 Å². The third-order valence-electron chi connectivity index (χ3n) is 4.01. The molecule has 0 spiro atoms. The zero-order chi connectivity index (χ0) is 17.6. The largest absolute Gasteiger partial charge is 0.419 e. The van der Waals surface area contributed by atoms with Gasteiger partial charge in [-0.25, -0.2) is 9.18 Å². The molecule has 134 valence electrons. The number of benzene rings is 1. The number of urea groups is 1. The lowest BCUT2D eigenvalue weighted by Crippen LogP contribution is -2.40. The Balaban J connectivity index is 1.77. The van der Waals surface area contributed by atoms with Crippen LogP contribution in [0.2, 0.25) is 0 Å². The van der Waals surface area contributed by atoms with Crippen molar-refractivity contribution in [1.82, 2.24) is 16.0 Å². The fraction of sp³-hybridized carbons (Fsp3) is 0.562. The van der Waals surface area contributed by atoms with Crippen LogP contribution in [0.1, 0.15) is 36.8 Å². The Kier molecular flexibility index (Phi) is 6.42. The van der Waals surface area contributed by atoms with Crippen LogP contribution in [0.15, 0.2) is 18.2 Å². The summed E-state index contributed by atoms with van der Waals surface area (Å²) in [6.07, 6.45) is -0.578. The predicted octanol–water partition coefficient (Wildman–Crippen LogP) is 3.18. The van der Waals surface area contributed by atoms with E-state index in [2.05, 4.69) is 16.0 Å². The Hall–Kier alpha value is -1.83. The fourth-order valence-electron chi connectivity index (χ4n) is 2.70. The van der Waals surface area contributed by atoms with E-state index >= 15 is 0 Å². The molecule has 2 amide bonds. The molecule has 3 N–H and O–H groups in total. The minimum absolute atomic E-state index is 0.200. The van der Waals surface area contributed by atoms with Crippen LogP contribution in [-0.2, 0) is 12.7 Å². The third kappa shape index (κ3) is 5.36. The Morgan fingerprint density at radius 1 is 1.25 bits per heavy atom. The number of alkyl halides is 3. The quantitative estimate of drug-likeness (QED) is 0.717. The number of nitrogens with one attached hydrogen (secondary N) is 3. The lowest BCUT2D eigenvalue weighted by Gasteiger charge is -2.23. The van der Waals surface area contributed by atoms with E-state index in [1.807, 2.05) is 0 Å². The molecular formula is C16H21F4N3O. The summed E-state index contributed by atoms with van der Waals surface area (Å²) in [5.41, 5.74) is -1.53. The van der Waals surface area contributed by atoms with Gasteiger partial charge >= 0.3 is 12.2 Å². The van der Waals surface area contributed by atoms with Gasteiger partial charge in [-0.05, 0) is 31.9 Å². The number of amides is 2. The smallest absolute Gasteiger partial charge is 0.338 e. The fourth-order valence-corrected chi connectivity index (χ4v) is 2.70. The molecule has 8 heteroatoms. The van der Waals surface area contributed by atoms with E-state index in [0.717, 1.165) is 31.9 Å². The monoisotopic (exact) mass is 347 g/mol. The highest BCUT2D eigenvalue weighted by Crippen LogP contribution is 2.32. The van der Waals surface area contributed by atoms with Gasteiger partial charge in [-0.2, -0.15) is 13.2 Å². The molecule has 2 rings (SSSR count). The second-order valence-corrected chi connectivity index (χ2v) is 5.82. The highest BCUT2D eigenvalue weighted by atomic mass is 19.4. The molecule has 1 aliphatic heterocycles. The molecule has 1 aliphatic rings. The van der Waals surface area contributed by atoms with E-state index < -0.39 is 23.6 Å². The number of hydrogen-bond donors (Lipinski definition) is 3. The lowest BCUT2D eigenvalue weighted by atomic mass is 10.0. The topological polar surface area (TPSA) is 53.2 Å². The third-order valence-corrected chi connectivity index (χ3v) is 4.01. The molecule has 1 aromatic rings. The Morgan fingerprint density at radius 3 is 2.71 bits per heavy atom. The van der Waals surface area contributed by atoms with Gasteiger partial charge in [0, 0.05) is 24.7 Å². The summed E-state index contributed by atoms with van der Waals surface area (Å²) >= 11 is 0. The van der Waals surface area contributed by atoms with Crippen molar-refractivity contribution in [3.8, 4) is 0 Å². The van der Waals surface area contributed by atoms with Crippen molar-refractivity contribution in [2.24, 2.45) is 0 Å². The summed E-state index contributed by atoms with van der Waals surface area (Å²) in [5, 5.41) is 8.36. The second kappa shape index (κ2) is 8.32. The summed E-state index contributed by atoms with van der Waals surface area (Å²) in [6.45, 7) is 1.13. The van der Waals surface area contributed by atoms with Gasteiger partial charge in [0.2, 0.25) is 0 Å². The van der Waals surface area contributed by atoms with Gasteiger partial charge in [0.15, 0.2) is 0 Å². The van der Waals surface area contributed by atoms with Crippen LogP contribution in [-0.4, -0.2) is 25.2 Å². The molecule has 0 radical (unpaired) electrons. The minimum atomic E-state index is -4.75. The first-order valence-electron chi connectivity index (χ1n) is 7.97. The van der Waals surface area contributed by atoms with Crippen molar-refractivity contribution in [3.63, 3.8) is 0 Å². The van der Waals surface area contributed by atoms with Crippen LogP contribution in [0.4, 0.5) is 22.4 Å². The molecule has 1 atom stereocenters. The van der Waals surface area contributed by atoms with Gasteiger partial charge in [-0.15, -0.1) is 0 Å². The highest BCUT2D eigenvalue weighted by molar-refractivity contribution is 5.73. The van der Waals surface area contributed by atoms with E-state index in [4.69, 9.17) is 0 Å². The molecule has 0 aliphatic carbocycles. The van der Waals surface area contributed by atoms with Gasteiger partial charge in [0.1, 0.15) is 5.82 Å². The van der Waals surface area contributed by atoms with Crippen LogP contribution in [0.3, 0.4) is 0 Å². The molecule has 1 saturated heterocycles. The summed E-state index contributed by atoms with van der Waals surface area (Å²) in [4.78, 5) is 11.7. The second-order valence-electron chi connectivity index (χ2n) is 5.82. The van der Waals surface area contributed by atoms with Gasteiger partial charge in [-0.3, -0.25) is 0 Å². The Bertz CT molecular complexity index is 557. The van der Waals surface area contributed by atoms with Crippen molar-refractivity contribution >= 4 is 6.03 Å². The first-order valence-corrected chi connectivity index (χ1v) is 7.97. The molecule has 0 bridgehead atoms. The summed E-state index contributed by atoms with van der Waals surface area (Å²) in [6, 6.07) is 2.87. The number of rotatable bonds is 5. The number of carbonyl (C=O) groups excluding carboxylic acids is 1. The number of carbonyl (C=O) groups is 1. The molecule has 1 unspecified atom stereocenters. The number of piperidine rings is 1. The Labute approximate surface area is 138 Å². The van der Waals surface area contributed by atoms with Crippen LogP contribution in [0.5, 0.6) is 0 Å². The molecule has 1 heterocycles. The van der Waals surface area contributed by atoms with E-state index in [-0.39, 0.29) is 12.1 Å². The molecule has 0 saturated carbocycles.